The summed E-state index contributed by atoms with van der Waals surface area (Å²) >= 11 is 0. The van der Waals surface area contributed by atoms with Crippen LogP contribution in [0.3, 0.4) is 0 Å². The average Bonchev–Trinajstić information content (AvgIpc) is 2.78. The van der Waals surface area contributed by atoms with Crippen LogP contribution in [0.15, 0.2) is 18.5 Å². The summed E-state index contributed by atoms with van der Waals surface area (Å²) in [6.07, 6.45) is 3.83. The van der Waals surface area contributed by atoms with Crippen LogP contribution in [-0.4, -0.2) is 31.8 Å². The maximum atomic E-state index is 4.38. The van der Waals surface area contributed by atoms with E-state index in [1.165, 1.54) is 0 Å². The van der Waals surface area contributed by atoms with Crippen LogP contribution < -0.4 is 5.32 Å². The SMILES string of the molecule is CNCc1ccn(Cc2cn(C)nn2)n1. The summed E-state index contributed by atoms with van der Waals surface area (Å²) in [5.41, 5.74) is 1.94. The molecule has 0 aromatic carbocycles. The van der Waals surface area contributed by atoms with Crippen LogP contribution >= 0.6 is 0 Å². The molecule has 0 aliphatic rings. The summed E-state index contributed by atoms with van der Waals surface area (Å²) < 4.78 is 3.55. The number of hydrogen-bond donors (Lipinski definition) is 1. The lowest BCUT2D eigenvalue weighted by Crippen LogP contribution is -2.07. The second-order valence-corrected chi connectivity index (χ2v) is 3.42. The highest BCUT2D eigenvalue weighted by Crippen LogP contribution is 1.99. The minimum atomic E-state index is 0.664. The number of aryl methyl sites for hydroxylation is 1. The minimum absolute atomic E-state index is 0.664. The summed E-state index contributed by atoms with van der Waals surface area (Å²) in [5, 5.41) is 15.3. The van der Waals surface area contributed by atoms with Crippen LogP contribution in [0.5, 0.6) is 0 Å². The number of hydrogen-bond acceptors (Lipinski definition) is 4. The Bertz CT molecular complexity index is 429. The van der Waals surface area contributed by atoms with E-state index in [4.69, 9.17) is 0 Å². The molecule has 0 aliphatic heterocycles. The highest BCUT2D eigenvalue weighted by molar-refractivity contribution is 5.01. The predicted molar refractivity (Wildman–Crippen MR) is 55.1 cm³/mol. The zero-order valence-electron chi connectivity index (χ0n) is 8.88. The molecule has 0 fully saturated rings. The van der Waals surface area contributed by atoms with Crippen molar-refractivity contribution >= 4 is 0 Å². The fourth-order valence-corrected chi connectivity index (χ4v) is 1.40. The second kappa shape index (κ2) is 4.22. The zero-order valence-corrected chi connectivity index (χ0v) is 8.88. The van der Waals surface area contributed by atoms with Gasteiger partial charge in [0.2, 0.25) is 0 Å². The lowest BCUT2D eigenvalue weighted by molar-refractivity contribution is 0.646. The van der Waals surface area contributed by atoms with Crippen molar-refractivity contribution in [3.05, 3.63) is 29.8 Å². The van der Waals surface area contributed by atoms with E-state index in [-0.39, 0.29) is 0 Å². The van der Waals surface area contributed by atoms with Crippen LogP contribution in [-0.2, 0) is 20.1 Å². The van der Waals surface area contributed by atoms with Crippen molar-refractivity contribution in [3.63, 3.8) is 0 Å². The Morgan fingerprint density at radius 2 is 2.27 bits per heavy atom. The topological polar surface area (TPSA) is 60.6 Å². The van der Waals surface area contributed by atoms with Crippen molar-refractivity contribution in [2.75, 3.05) is 7.05 Å². The molecule has 2 rings (SSSR count). The molecule has 0 radical (unpaired) electrons. The molecule has 0 aliphatic carbocycles. The summed E-state index contributed by atoms with van der Waals surface area (Å²) in [5.74, 6) is 0. The molecule has 6 heteroatoms. The van der Waals surface area contributed by atoms with Gasteiger partial charge in [-0.3, -0.25) is 9.36 Å². The van der Waals surface area contributed by atoms with E-state index in [2.05, 4.69) is 20.7 Å². The maximum Gasteiger partial charge on any atom is 0.104 e. The van der Waals surface area contributed by atoms with E-state index < -0.39 is 0 Å². The molecule has 0 saturated heterocycles. The van der Waals surface area contributed by atoms with Crippen molar-refractivity contribution in [2.24, 2.45) is 7.05 Å². The van der Waals surface area contributed by atoms with Crippen molar-refractivity contribution in [2.45, 2.75) is 13.1 Å². The summed E-state index contributed by atoms with van der Waals surface area (Å²) in [6.45, 7) is 1.45. The fraction of sp³-hybridized carbons (Fsp3) is 0.444. The Morgan fingerprint density at radius 1 is 1.40 bits per heavy atom. The largest absolute Gasteiger partial charge is 0.314 e. The lowest BCUT2D eigenvalue weighted by Gasteiger charge is -1.96. The van der Waals surface area contributed by atoms with Crippen molar-refractivity contribution < 1.29 is 0 Å². The van der Waals surface area contributed by atoms with Crippen molar-refractivity contribution in [1.29, 1.82) is 0 Å². The third-order valence-electron chi connectivity index (χ3n) is 2.03. The van der Waals surface area contributed by atoms with Crippen LogP contribution in [0, 0.1) is 0 Å². The first-order valence-electron chi connectivity index (χ1n) is 4.80. The van der Waals surface area contributed by atoms with Crippen LogP contribution in [0.4, 0.5) is 0 Å². The number of nitrogens with zero attached hydrogens (tertiary/aromatic N) is 5. The van der Waals surface area contributed by atoms with Gasteiger partial charge in [-0.2, -0.15) is 5.10 Å². The molecule has 0 atom stereocenters. The van der Waals surface area contributed by atoms with Gasteiger partial charge in [-0.05, 0) is 13.1 Å². The molecule has 0 unspecified atom stereocenters. The summed E-state index contributed by atoms with van der Waals surface area (Å²) in [7, 11) is 3.76. The van der Waals surface area contributed by atoms with Gasteiger partial charge in [-0.1, -0.05) is 5.21 Å². The van der Waals surface area contributed by atoms with E-state index >= 15 is 0 Å². The van der Waals surface area contributed by atoms with Crippen LogP contribution in [0.25, 0.3) is 0 Å². The van der Waals surface area contributed by atoms with Crippen molar-refractivity contribution in [1.82, 2.24) is 30.1 Å². The Kier molecular flexibility index (Phi) is 2.77. The van der Waals surface area contributed by atoms with E-state index in [0.29, 0.717) is 6.54 Å². The molecule has 0 amide bonds. The summed E-state index contributed by atoms with van der Waals surface area (Å²) in [6, 6.07) is 1.99. The van der Waals surface area contributed by atoms with Gasteiger partial charge in [0.05, 0.1) is 12.2 Å². The van der Waals surface area contributed by atoms with Gasteiger partial charge in [0.15, 0.2) is 0 Å². The molecule has 6 nitrogen and oxygen atoms in total. The van der Waals surface area contributed by atoms with Gasteiger partial charge in [0, 0.05) is 26.0 Å². The molecule has 0 saturated carbocycles. The maximum absolute atomic E-state index is 4.38. The van der Waals surface area contributed by atoms with Gasteiger partial charge < -0.3 is 5.32 Å². The third kappa shape index (κ3) is 2.41. The fourth-order valence-electron chi connectivity index (χ4n) is 1.40. The molecule has 15 heavy (non-hydrogen) atoms. The molecule has 0 spiro atoms. The predicted octanol–water partition coefficient (Wildman–Crippen LogP) is -0.221. The Hall–Kier alpha value is -1.69. The lowest BCUT2D eigenvalue weighted by atomic mass is 10.4. The van der Waals surface area contributed by atoms with E-state index in [9.17, 15) is 0 Å². The van der Waals surface area contributed by atoms with E-state index in [1.807, 2.05) is 37.2 Å². The van der Waals surface area contributed by atoms with Crippen LogP contribution in [0.2, 0.25) is 0 Å². The van der Waals surface area contributed by atoms with E-state index in [1.54, 1.807) is 4.68 Å². The van der Waals surface area contributed by atoms with Gasteiger partial charge >= 0.3 is 0 Å². The number of aromatic nitrogens is 5. The molecule has 2 aromatic rings. The standard InChI is InChI=1S/C9H14N6/c1-10-5-8-3-4-15(12-8)7-9-6-14(2)13-11-9/h3-4,6,10H,5,7H2,1-2H3. The highest BCUT2D eigenvalue weighted by atomic mass is 15.4. The zero-order chi connectivity index (χ0) is 10.7. The van der Waals surface area contributed by atoms with E-state index in [0.717, 1.165) is 17.9 Å². The monoisotopic (exact) mass is 206 g/mol. The molecule has 2 heterocycles. The average molecular weight is 206 g/mol. The van der Waals surface area contributed by atoms with Gasteiger partial charge in [-0.15, -0.1) is 5.10 Å². The van der Waals surface area contributed by atoms with Gasteiger partial charge in [0.1, 0.15) is 5.69 Å². The highest BCUT2D eigenvalue weighted by Gasteiger charge is 2.01. The van der Waals surface area contributed by atoms with Crippen LogP contribution in [0.1, 0.15) is 11.4 Å². The quantitative estimate of drug-likeness (QED) is 0.751. The first kappa shape index (κ1) is 9.85. The normalized spacial score (nSPS) is 10.8. The molecular weight excluding hydrogens is 192 g/mol. The van der Waals surface area contributed by atoms with Gasteiger partial charge in [-0.25, -0.2) is 0 Å². The second-order valence-electron chi connectivity index (χ2n) is 3.42. The first-order valence-corrected chi connectivity index (χ1v) is 4.80. The number of rotatable bonds is 4. The van der Waals surface area contributed by atoms with Gasteiger partial charge in [0.25, 0.3) is 0 Å². The van der Waals surface area contributed by atoms with Crippen molar-refractivity contribution in [3.8, 4) is 0 Å². The Morgan fingerprint density at radius 3 is 2.93 bits per heavy atom. The third-order valence-corrected chi connectivity index (χ3v) is 2.03. The Balaban J connectivity index is 2.04. The molecular formula is C9H14N6. The smallest absolute Gasteiger partial charge is 0.104 e. The molecule has 2 aromatic heterocycles. The Labute approximate surface area is 87.9 Å². The minimum Gasteiger partial charge on any atom is -0.314 e. The summed E-state index contributed by atoms with van der Waals surface area (Å²) in [4.78, 5) is 0. The molecule has 0 bridgehead atoms. The molecule has 1 N–H and O–H groups in total. The number of nitrogens with one attached hydrogen (secondary N) is 1. The molecule has 80 valence electrons. The first-order chi connectivity index (χ1) is 7.28.